The molecule has 1 aromatic rings. The molecule has 0 aromatic carbocycles. The summed E-state index contributed by atoms with van der Waals surface area (Å²) in [4.78, 5) is 14.1. The largest absolute Gasteiger partial charge is 0.481 e. The summed E-state index contributed by atoms with van der Waals surface area (Å²) in [7, 11) is 0. The van der Waals surface area contributed by atoms with Gasteiger partial charge in [0.15, 0.2) is 0 Å². The molecule has 0 spiro atoms. The number of imidazole rings is 1. The third-order valence-electron chi connectivity index (χ3n) is 1.58. The van der Waals surface area contributed by atoms with E-state index in [2.05, 4.69) is 4.98 Å². The smallest absolute Gasteiger partial charge is 0.309 e. The summed E-state index contributed by atoms with van der Waals surface area (Å²) in [5.74, 6) is -0.937. The van der Waals surface area contributed by atoms with Crippen LogP contribution in [-0.2, 0) is 17.8 Å². The van der Waals surface area contributed by atoms with Crippen molar-refractivity contribution in [2.24, 2.45) is 0 Å². The number of carbonyl (C=O) groups is 1. The van der Waals surface area contributed by atoms with Crippen molar-refractivity contribution in [2.45, 2.75) is 26.1 Å². The molecule has 1 unspecified atom stereocenters. The predicted octanol–water partition coefficient (Wildman–Crippen LogP) is 0.868. The Morgan fingerprint density at radius 3 is 3.08 bits per heavy atom. The third-order valence-corrected chi connectivity index (χ3v) is 1.58. The minimum Gasteiger partial charge on any atom is -0.481 e. The van der Waals surface area contributed by atoms with Gasteiger partial charge in [0, 0.05) is 11.9 Å². The lowest BCUT2D eigenvalue weighted by atomic mass is 10.3. The first kappa shape index (κ1) is 9.70. The Bertz CT molecular complexity index is 296. The van der Waals surface area contributed by atoms with E-state index < -0.39 is 12.1 Å². The highest BCUT2D eigenvalue weighted by Crippen LogP contribution is 2.03. The number of rotatable bonds is 4. The molecule has 0 aliphatic rings. The molecule has 72 valence electrons. The molecule has 4 nitrogen and oxygen atoms in total. The van der Waals surface area contributed by atoms with Crippen molar-refractivity contribution in [1.82, 2.24) is 9.55 Å². The molecule has 1 N–H and O–H groups in total. The van der Waals surface area contributed by atoms with E-state index in [1.54, 1.807) is 0 Å². The summed E-state index contributed by atoms with van der Waals surface area (Å²) in [6.07, 6.45) is 1.76. The second-order valence-corrected chi connectivity index (χ2v) is 2.89. The lowest BCUT2D eigenvalue weighted by molar-refractivity contribution is -0.136. The van der Waals surface area contributed by atoms with Gasteiger partial charge in [0.1, 0.15) is 6.17 Å². The van der Waals surface area contributed by atoms with E-state index in [1.807, 2.05) is 0 Å². The number of nitrogens with zero attached hydrogens (tertiary/aromatic N) is 2. The van der Waals surface area contributed by atoms with E-state index in [-0.39, 0.29) is 13.0 Å². The molecule has 0 radical (unpaired) electrons. The molecule has 0 bridgehead atoms. The van der Waals surface area contributed by atoms with Gasteiger partial charge in [-0.25, -0.2) is 9.37 Å². The van der Waals surface area contributed by atoms with Gasteiger partial charge in [0.2, 0.25) is 0 Å². The maximum Gasteiger partial charge on any atom is 0.309 e. The molecule has 0 amide bonds. The van der Waals surface area contributed by atoms with Crippen LogP contribution in [0.3, 0.4) is 0 Å². The minimum atomic E-state index is -0.998. The van der Waals surface area contributed by atoms with Crippen molar-refractivity contribution in [2.75, 3.05) is 0 Å². The van der Waals surface area contributed by atoms with Crippen LogP contribution < -0.4 is 0 Å². The normalized spacial score (nSPS) is 12.8. The second-order valence-electron chi connectivity index (χ2n) is 2.89. The number of aliphatic carboxylic acids is 1. The van der Waals surface area contributed by atoms with E-state index in [0.717, 1.165) is 0 Å². The average Bonchev–Trinajstić information content (AvgIpc) is 2.34. The number of aromatic nitrogens is 2. The molecular weight excluding hydrogens is 175 g/mol. The quantitative estimate of drug-likeness (QED) is 0.759. The second kappa shape index (κ2) is 4.02. The number of hydrogen-bond donors (Lipinski definition) is 1. The zero-order valence-electron chi connectivity index (χ0n) is 7.27. The summed E-state index contributed by atoms with van der Waals surface area (Å²) in [5, 5.41) is 8.51. The van der Waals surface area contributed by atoms with Gasteiger partial charge in [0.25, 0.3) is 0 Å². The molecule has 0 saturated heterocycles. The number of hydrogen-bond acceptors (Lipinski definition) is 2. The summed E-state index contributed by atoms with van der Waals surface area (Å²) in [6.45, 7) is 1.58. The number of carboxylic acid groups (broad SMARTS) is 1. The van der Waals surface area contributed by atoms with Crippen LogP contribution in [0.5, 0.6) is 0 Å². The van der Waals surface area contributed by atoms with Crippen molar-refractivity contribution in [1.29, 1.82) is 0 Å². The van der Waals surface area contributed by atoms with Gasteiger partial charge in [-0.2, -0.15) is 0 Å². The van der Waals surface area contributed by atoms with Gasteiger partial charge >= 0.3 is 5.97 Å². The fraction of sp³-hybridized carbons (Fsp3) is 0.500. The van der Waals surface area contributed by atoms with Crippen LogP contribution >= 0.6 is 0 Å². The van der Waals surface area contributed by atoms with Crippen LogP contribution in [0.15, 0.2) is 12.5 Å². The molecule has 0 aliphatic carbocycles. The Balaban J connectivity index is 2.71. The first-order valence-corrected chi connectivity index (χ1v) is 3.94. The molecule has 1 heterocycles. The van der Waals surface area contributed by atoms with E-state index in [0.29, 0.717) is 5.69 Å². The monoisotopic (exact) mass is 186 g/mol. The predicted molar refractivity (Wildman–Crippen MR) is 44.1 cm³/mol. The molecule has 1 aromatic heterocycles. The van der Waals surface area contributed by atoms with Crippen molar-refractivity contribution in [3.8, 4) is 0 Å². The number of halogens is 1. The molecule has 5 heteroatoms. The summed E-state index contributed by atoms with van der Waals surface area (Å²) in [5.41, 5.74) is 0.525. The highest BCUT2D eigenvalue weighted by molar-refractivity contribution is 5.69. The van der Waals surface area contributed by atoms with Crippen molar-refractivity contribution in [3.63, 3.8) is 0 Å². The van der Waals surface area contributed by atoms with Crippen LogP contribution in [-0.4, -0.2) is 26.8 Å². The number of carboxylic acids is 1. The van der Waals surface area contributed by atoms with Crippen LogP contribution in [0.2, 0.25) is 0 Å². The van der Waals surface area contributed by atoms with E-state index in [4.69, 9.17) is 5.11 Å². The van der Waals surface area contributed by atoms with Gasteiger partial charge < -0.3 is 9.67 Å². The Labute approximate surface area is 75.0 Å². The van der Waals surface area contributed by atoms with Gasteiger partial charge in [-0.05, 0) is 6.92 Å². The molecular formula is C8H11FN2O2. The van der Waals surface area contributed by atoms with E-state index >= 15 is 0 Å². The van der Waals surface area contributed by atoms with Crippen molar-refractivity contribution in [3.05, 3.63) is 18.2 Å². The first-order valence-electron chi connectivity index (χ1n) is 3.94. The van der Waals surface area contributed by atoms with Crippen molar-refractivity contribution >= 4 is 5.97 Å². The lowest BCUT2D eigenvalue weighted by Gasteiger charge is -2.06. The summed E-state index contributed by atoms with van der Waals surface area (Å²) < 4.78 is 14.1. The maximum absolute atomic E-state index is 12.6. The highest BCUT2D eigenvalue weighted by atomic mass is 19.1. The fourth-order valence-corrected chi connectivity index (χ4v) is 1.09. The molecule has 13 heavy (non-hydrogen) atoms. The van der Waals surface area contributed by atoms with Gasteiger partial charge in [0.05, 0.1) is 19.3 Å². The minimum absolute atomic E-state index is 0.118. The van der Waals surface area contributed by atoms with Crippen molar-refractivity contribution < 1.29 is 14.3 Å². The zero-order valence-corrected chi connectivity index (χ0v) is 7.27. The lowest BCUT2D eigenvalue weighted by Crippen LogP contribution is -2.12. The van der Waals surface area contributed by atoms with Crippen LogP contribution in [0.4, 0.5) is 4.39 Å². The standard InChI is InChI=1S/C8H11FN2O2/c1-6(9)4-11-5-10-3-7(11)2-8(12)13/h3,5-6H,2,4H2,1H3,(H,12,13). The fourth-order valence-electron chi connectivity index (χ4n) is 1.09. The molecule has 0 saturated carbocycles. The maximum atomic E-state index is 12.6. The zero-order chi connectivity index (χ0) is 9.84. The van der Waals surface area contributed by atoms with Gasteiger partial charge in [-0.1, -0.05) is 0 Å². The third kappa shape index (κ3) is 2.85. The Morgan fingerprint density at radius 2 is 2.54 bits per heavy atom. The molecule has 0 fully saturated rings. The highest BCUT2D eigenvalue weighted by Gasteiger charge is 2.08. The number of alkyl halides is 1. The Hall–Kier alpha value is -1.39. The summed E-state index contributed by atoms with van der Waals surface area (Å²) in [6, 6.07) is 0. The van der Waals surface area contributed by atoms with Crippen LogP contribution in [0.1, 0.15) is 12.6 Å². The summed E-state index contributed by atoms with van der Waals surface area (Å²) >= 11 is 0. The van der Waals surface area contributed by atoms with E-state index in [1.165, 1.54) is 24.0 Å². The molecule has 1 rings (SSSR count). The molecule has 0 aliphatic heterocycles. The topological polar surface area (TPSA) is 55.1 Å². The average molecular weight is 186 g/mol. The SMILES string of the molecule is CC(F)Cn1cncc1CC(=O)O. The van der Waals surface area contributed by atoms with Gasteiger partial charge in [-0.3, -0.25) is 4.79 Å². The first-order chi connectivity index (χ1) is 6.09. The Kier molecular flexibility index (Phi) is 3.00. The molecule has 1 atom stereocenters. The van der Waals surface area contributed by atoms with Crippen LogP contribution in [0, 0.1) is 0 Å². The van der Waals surface area contributed by atoms with Crippen LogP contribution in [0.25, 0.3) is 0 Å². The van der Waals surface area contributed by atoms with Gasteiger partial charge in [-0.15, -0.1) is 0 Å². The van der Waals surface area contributed by atoms with E-state index in [9.17, 15) is 9.18 Å². The Morgan fingerprint density at radius 1 is 1.85 bits per heavy atom.